The number of carbonyl (C=O) groups is 2. The molecule has 0 aliphatic heterocycles. The highest BCUT2D eigenvalue weighted by atomic mass is 19.1. The summed E-state index contributed by atoms with van der Waals surface area (Å²) in [6.07, 6.45) is 3.37. The Morgan fingerprint density at radius 2 is 1.86 bits per heavy atom. The van der Waals surface area contributed by atoms with Crippen molar-refractivity contribution in [2.45, 2.75) is 45.2 Å². The van der Waals surface area contributed by atoms with E-state index in [1.165, 1.54) is 13.2 Å². The Hall–Kier alpha value is -5.26. The monoisotopic (exact) mass is 582 g/mol. The second-order valence-electron chi connectivity index (χ2n) is 10.0. The van der Waals surface area contributed by atoms with Crippen LogP contribution in [0.4, 0.5) is 4.39 Å². The number of esters is 1. The van der Waals surface area contributed by atoms with Gasteiger partial charge in [0.1, 0.15) is 11.5 Å². The smallest absolute Gasteiger partial charge is 0.307 e. The number of methoxy groups -OCH3 is 1. The summed E-state index contributed by atoms with van der Waals surface area (Å²) in [5, 5.41) is 21.8. The first-order chi connectivity index (χ1) is 20.9. The minimum absolute atomic E-state index is 0.104. The van der Waals surface area contributed by atoms with E-state index >= 15 is 0 Å². The third kappa shape index (κ3) is 7.15. The highest BCUT2D eigenvalue weighted by Gasteiger charge is 2.22. The molecular formula is C31H31FN8O3. The van der Waals surface area contributed by atoms with Gasteiger partial charge in [0.2, 0.25) is 5.82 Å². The molecule has 2 N–H and O–H groups in total. The number of H-pyrrole nitrogens is 1. The number of aromatic amines is 1. The number of aryl methyl sites for hydroxylation is 1. The standard InChI is InChI=1S/C31H31FN8O3/c1-3-8-23-17-28(31(42)34-22(16-29(41)43-2)15-21-9-4-7-12-26(21)32)37-40(23)19-20-13-14-27(33-18-20)24-10-5-6-11-25(24)30-35-38-39-36-30/h4-7,9-14,17-18,22H,3,8,15-16,19H2,1-2H3,(H,34,42)(H,35,36,38,39). The molecule has 0 bridgehead atoms. The minimum Gasteiger partial charge on any atom is -0.469 e. The van der Waals surface area contributed by atoms with E-state index < -0.39 is 23.7 Å². The zero-order valence-electron chi connectivity index (χ0n) is 23.8. The molecule has 0 saturated heterocycles. The van der Waals surface area contributed by atoms with Gasteiger partial charge in [-0.2, -0.15) is 10.3 Å². The summed E-state index contributed by atoms with van der Waals surface area (Å²) < 4.78 is 20.9. The van der Waals surface area contributed by atoms with Crippen molar-refractivity contribution in [1.29, 1.82) is 0 Å². The number of hydrogen-bond donors (Lipinski definition) is 2. The van der Waals surface area contributed by atoms with E-state index in [2.05, 4.69) is 42.9 Å². The zero-order chi connectivity index (χ0) is 30.2. The van der Waals surface area contributed by atoms with Crippen molar-refractivity contribution < 1.29 is 18.7 Å². The maximum Gasteiger partial charge on any atom is 0.307 e. The third-order valence-electron chi connectivity index (χ3n) is 6.95. The first kappa shape index (κ1) is 29.2. The van der Waals surface area contributed by atoms with Gasteiger partial charge in [0.25, 0.3) is 5.91 Å². The summed E-state index contributed by atoms with van der Waals surface area (Å²) in [6.45, 7) is 2.46. The second kappa shape index (κ2) is 13.6. The Balaban J connectivity index is 1.33. The first-order valence-electron chi connectivity index (χ1n) is 13.9. The number of ether oxygens (including phenoxy) is 1. The lowest BCUT2D eigenvalue weighted by Crippen LogP contribution is -2.38. The summed E-state index contributed by atoms with van der Waals surface area (Å²) in [5.41, 5.74) is 4.83. The van der Waals surface area contributed by atoms with Gasteiger partial charge in [0.15, 0.2) is 0 Å². The lowest BCUT2D eigenvalue weighted by atomic mass is 10.0. The molecule has 3 aromatic heterocycles. The SMILES string of the molecule is CCCc1cc(C(=O)NC(CC(=O)OC)Cc2ccccc2F)nn1Cc1ccc(-c2ccccc2-c2nn[nH]n2)nc1. The van der Waals surface area contributed by atoms with Crippen molar-refractivity contribution in [1.82, 2.24) is 40.7 Å². The van der Waals surface area contributed by atoms with Crippen LogP contribution in [0.5, 0.6) is 0 Å². The molecule has 0 aliphatic carbocycles. The minimum atomic E-state index is -0.677. The normalized spacial score (nSPS) is 11.7. The van der Waals surface area contributed by atoms with Crippen LogP contribution in [0.25, 0.3) is 22.6 Å². The summed E-state index contributed by atoms with van der Waals surface area (Å²) in [4.78, 5) is 30.0. The number of nitrogens with zero attached hydrogens (tertiary/aromatic N) is 6. The average Bonchev–Trinajstić information content (AvgIpc) is 3.70. The quantitative estimate of drug-likeness (QED) is 0.209. The number of nitrogens with one attached hydrogen (secondary N) is 2. The van der Waals surface area contributed by atoms with Crippen molar-refractivity contribution in [3.63, 3.8) is 0 Å². The molecular weight excluding hydrogens is 551 g/mol. The Kier molecular flexibility index (Phi) is 9.25. The van der Waals surface area contributed by atoms with E-state index in [4.69, 9.17) is 4.74 Å². The largest absolute Gasteiger partial charge is 0.469 e. The van der Waals surface area contributed by atoms with E-state index in [1.807, 2.05) is 36.4 Å². The molecule has 0 fully saturated rings. The van der Waals surface area contributed by atoms with Gasteiger partial charge in [-0.05, 0) is 47.4 Å². The Bertz CT molecular complexity index is 1690. The second-order valence-corrected chi connectivity index (χ2v) is 10.0. The molecule has 1 amide bonds. The fourth-order valence-corrected chi connectivity index (χ4v) is 4.84. The van der Waals surface area contributed by atoms with E-state index in [1.54, 1.807) is 35.1 Å². The van der Waals surface area contributed by atoms with Crippen LogP contribution in [-0.4, -0.2) is 60.4 Å². The Labute approximate surface area is 247 Å². The summed E-state index contributed by atoms with van der Waals surface area (Å²) in [5.74, 6) is -0.877. The van der Waals surface area contributed by atoms with E-state index in [0.717, 1.165) is 34.5 Å². The van der Waals surface area contributed by atoms with Crippen LogP contribution in [0.3, 0.4) is 0 Å². The van der Waals surface area contributed by atoms with Crippen molar-refractivity contribution in [3.8, 4) is 22.6 Å². The van der Waals surface area contributed by atoms with Crippen LogP contribution in [0.15, 0.2) is 72.9 Å². The molecule has 1 atom stereocenters. The maximum absolute atomic E-state index is 14.3. The highest BCUT2D eigenvalue weighted by molar-refractivity contribution is 5.93. The lowest BCUT2D eigenvalue weighted by molar-refractivity contribution is -0.141. The lowest BCUT2D eigenvalue weighted by Gasteiger charge is -2.17. The van der Waals surface area contributed by atoms with Crippen LogP contribution in [0.1, 0.15) is 47.1 Å². The Morgan fingerprint density at radius 3 is 2.56 bits per heavy atom. The van der Waals surface area contributed by atoms with Crippen LogP contribution >= 0.6 is 0 Å². The van der Waals surface area contributed by atoms with Gasteiger partial charge >= 0.3 is 5.97 Å². The number of amides is 1. The van der Waals surface area contributed by atoms with Crippen LogP contribution in [-0.2, 0) is 28.9 Å². The molecule has 220 valence electrons. The first-order valence-corrected chi connectivity index (χ1v) is 13.9. The third-order valence-corrected chi connectivity index (χ3v) is 6.95. The molecule has 0 radical (unpaired) electrons. The van der Waals surface area contributed by atoms with Crippen LogP contribution in [0.2, 0.25) is 0 Å². The number of halogens is 1. The van der Waals surface area contributed by atoms with Crippen LogP contribution in [0, 0.1) is 5.82 Å². The number of carbonyl (C=O) groups excluding carboxylic acids is 2. The predicted octanol–water partition coefficient (Wildman–Crippen LogP) is 4.17. The van der Waals surface area contributed by atoms with Gasteiger partial charge in [-0.1, -0.05) is 61.9 Å². The van der Waals surface area contributed by atoms with E-state index in [0.29, 0.717) is 24.4 Å². The molecule has 5 rings (SSSR count). The number of hydrogen-bond acceptors (Lipinski definition) is 8. The maximum atomic E-state index is 14.3. The summed E-state index contributed by atoms with van der Waals surface area (Å²) in [7, 11) is 1.27. The number of aromatic nitrogens is 7. The molecule has 5 aromatic rings. The van der Waals surface area contributed by atoms with Crippen molar-refractivity contribution >= 4 is 11.9 Å². The molecule has 3 heterocycles. The number of tetrazole rings is 1. The number of rotatable bonds is 12. The molecule has 2 aromatic carbocycles. The number of pyridine rings is 1. The molecule has 0 aliphatic rings. The van der Waals surface area contributed by atoms with Crippen molar-refractivity contribution in [3.05, 3.63) is 101 Å². The van der Waals surface area contributed by atoms with E-state index in [9.17, 15) is 14.0 Å². The molecule has 11 nitrogen and oxygen atoms in total. The molecule has 0 saturated carbocycles. The van der Waals surface area contributed by atoms with Gasteiger partial charge in [-0.15, -0.1) is 10.2 Å². The fraction of sp³-hybridized carbons (Fsp3) is 0.258. The highest BCUT2D eigenvalue weighted by Crippen LogP contribution is 2.28. The molecule has 0 spiro atoms. The zero-order valence-corrected chi connectivity index (χ0v) is 23.8. The van der Waals surface area contributed by atoms with Gasteiger partial charge in [-0.3, -0.25) is 19.3 Å². The van der Waals surface area contributed by atoms with Crippen molar-refractivity contribution in [2.24, 2.45) is 0 Å². The summed E-state index contributed by atoms with van der Waals surface area (Å²) >= 11 is 0. The van der Waals surface area contributed by atoms with Crippen LogP contribution < -0.4 is 5.32 Å². The van der Waals surface area contributed by atoms with Crippen molar-refractivity contribution in [2.75, 3.05) is 7.11 Å². The van der Waals surface area contributed by atoms with Gasteiger partial charge in [-0.25, -0.2) is 4.39 Å². The fourth-order valence-electron chi connectivity index (χ4n) is 4.84. The van der Waals surface area contributed by atoms with E-state index in [-0.39, 0.29) is 18.5 Å². The van der Waals surface area contributed by atoms with Gasteiger partial charge < -0.3 is 10.1 Å². The predicted molar refractivity (Wildman–Crippen MR) is 156 cm³/mol. The van der Waals surface area contributed by atoms with Gasteiger partial charge in [0, 0.05) is 29.1 Å². The molecule has 1 unspecified atom stereocenters. The molecule has 43 heavy (non-hydrogen) atoms. The number of benzene rings is 2. The average molecular weight is 583 g/mol. The molecule has 12 heteroatoms. The Morgan fingerprint density at radius 1 is 1.07 bits per heavy atom. The topological polar surface area (TPSA) is 141 Å². The van der Waals surface area contributed by atoms with Gasteiger partial charge in [0.05, 0.1) is 25.8 Å². The summed E-state index contributed by atoms with van der Waals surface area (Å²) in [6, 6.07) is 18.9.